The molecule has 2 nitrogen and oxygen atoms in total. The van der Waals surface area contributed by atoms with Crippen LogP contribution in [0, 0.1) is 0 Å². The summed E-state index contributed by atoms with van der Waals surface area (Å²) in [5.74, 6) is 1.05. The molecule has 0 bridgehead atoms. The van der Waals surface area contributed by atoms with Gasteiger partial charge in [-0.3, -0.25) is 0 Å². The van der Waals surface area contributed by atoms with Crippen LogP contribution in [0.25, 0.3) is 0 Å². The number of hydrogen-bond donors (Lipinski definition) is 1. The summed E-state index contributed by atoms with van der Waals surface area (Å²) in [5.41, 5.74) is 2.16. The summed E-state index contributed by atoms with van der Waals surface area (Å²) in [6, 6.07) is 15.5. The maximum Gasteiger partial charge on any atom is 0.174 e. The van der Waals surface area contributed by atoms with Crippen molar-refractivity contribution in [2.75, 3.05) is 17.6 Å². The molecule has 3 rings (SSSR count). The summed E-state index contributed by atoms with van der Waals surface area (Å²) < 4.78 is 0. The Morgan fingerprint density at radius 3 is 2.27 bits per heavy atom. The largest absolute Gasteiger partial charge is 0.333 e. The first-order valence-corrected chi connectivity index (χ1v) is 9.05. The van der Waals surface area contributed by atoms with Crippen molar-refractivity contribution in [3.05, 3.63) is 64.1 Å². The zero-order valence-corrected chi connectivity index (χ0v) is 14.8. The highest BCUT2D eigenvalue weighted by molar-refractivity contribution is 7.99. The lowest BCUT2D eigenvalue weighted by Gasteiger charge is -2.27. The van der Waals surface area contributed by atoms with Crippen LogP contribution in [-0.2, 0) is 0 Å². The van der Waals surface area contributed by atoms with E-state index in [1.54, 1.807) is 0 Å². The first-order chi connectivity index (χ1) is 10.6. The predicted molar refractivity (Wildman–Crippen MR) is 101 cm³/mol. The van der Waals surface area contributed by atoms with Gasteiger partial charge >= 0.3 is 0 Å². The fraction of sp³-hybridized carbons (Fsp3) is 0.188. The molecule has 0 aromatic heterocycles. The Balaban J connectivity index is 1.73. The van der Waals surface area contributed by atoms with Crippen molar-refractivity contribution in [2.45, 2.75) is 5.37 Å². The molecule has 2 aromatic carbocycles. The maximum atomic E-state index is 5.97. The van der Waals surface area contributed by atoms with Gasteiger partial charge in [-0.25, -0.2) is 0 Å². The Morgan fingerprint density at radius 2 is 1.64 bits per heavy atom. The van der Waals surface area contributed by atoms with Crippen molar-refractivity contribution in [1.29, 1.82) is 0 Å². The van der Waals surface area contributed by atoms with E-state index >= 15 is 0 Å². The van der Waals surface area contributed by atoms with E-state index in [0.29, 0.717) is 5.02 Å². The van der Waals surface area contributed by atoms with E-state index in [4.69, 9.17) is 35.4 Å². The topological polar surface area (TPSA) is 15.3 Å². The number of benzene rings is 2. The van der Waals surface area contributed by atoms with Crippen molar-refractivity contribution >= 4 is 58.0 Å². The van der Waals surface area contributed by atoms with Crippen LogP contribution in [0.3, 0.4) is 0 Å². The second-order valence-electron chi connectivity index (χ2n) is 4.91. The number of rotatable bonds is 2. The second-order valence-corrected chi connectivity index (χ2v) is 7.35. The van der Waals surface area contributed by atoms with Gasteiger partial charge in [-0.1, -0.05) is 35.3 Å². The number of halogens is 2. The first kappa shape index (κ1) is 15.9. The van der Waals surface area contributed by atoms with E-state index in [2.05, 4.69) is 22.3 Å². The number of thiocarbonyl (C=S) groups is 1. The van der Waals surface area contributed by atoms with Crippen LogP contribution in [0.4, 0.5) is 5.69 Å². The van der Waals surface area contributed by atoms with Crippen molar-refractivity contribution in [3.8, 4) is 0 Å². The van der Waals surface area contributed by atoms with E-state index in [1.807, 2.05) is 48.2 Å². The lowest BCUT2D eigenvalue weighted by molar-refractivity contribution is 0.458. The minimum atomic E-state index is 0.226. The molecule has 0 saturated carbocycles. The summed E-state index contributed by atoms with van der Waals surface area (Å²) in [6.07, 6.45) is 0. The number of anilines is 1. The average Bonchev–Trinajstić information content (AvgIpc) is 3.00. The van der Waals surface area contributed by atoms with Crippen molar-refractivity contribution in [2.24, 2.45) is 0 Å². The fourth-order valence-electron chi connectivity index (χ4n) is 2.31. The molecule has 1 heterocycles. The van der Waals surface area contributed by atoms with Gasteiger partial charge in [0.25, 0.3) is 0 Å². The van der Waals surface area contributed by atoms with Crippen LogP contribution in [-0.4, -0.2) is 22.3 Å². The molecule has 1 fully saturated rings. The molecule has 6 heteroatoms. The number of thioether (sulfide) groups is 1. The molecule has 114 valence electrons. The zero-order chi connectivity index (χ0) is 15.5. The minimum absolute atomic E-state index is 0.226. The molecule has 2 aromatic rings. The van der Waals surface area contributed by atoms with Gasteiger partial charge in [-0.2, -0.15) is 0 Å². The quantitative estimate of drug-likeness (QED) is 0.709. The van der Waals surface area contributed by atoms with Gasteiger partial charge in [0, 0.05) is 28.0 Å². The average molecular weight is 369 g/mol. The summed E-state index contributed by atoms with van der Waals surface area (Å²) in [5, 5.41) is 5.70. The Kier molecular flexibility index (Phi) is 5.14. The van der Waals surface area contributed by atoms with Crippen LogP contribution in [0.2, 0.25) is 10.0 Å². The second kappa shape index (κ2) is 7.09. The third-order valence-corrected chi connectivity index (χ3v) is 5.50. The first-order valence-electron chi connectivity index (χ1n) is 6.84. The van der Waals surface area contributed by atoms with Crippen molar-refractivity contribution in [3.63, 3.8) is 0 Å². The van der Waals surface area contributed by atoms with E-state index in [1.165, 1.54) is 5.56 Å². The van der Waals surface area contributed by atoms with Gasteiger partial charge in [0.2, 0.25) is 0 Å². The van der Waals surface area contributed by atoms with Gasteiger partial charge in [0.05, 0.1) is 0 Å². The van der Waals surface area contributed by atoms with Crippen molar-refractivity contribution in [1.82, 2.24) is 4.90 Å². The highest BCUT2D eigenvalue weighted by Gasteiger charge is 2.28. The molecule has 22 heavy (non-hydrogen) atoms. The van der Waals surface area contributed by atoms with E-state index in [-0.39, 0.29) is 5.37 Å². The molecule has 1 aliphatic rings. The van der Waals surface area contributed by atoms with Crippen LogP contribution in [0.1, 0.15) is 10.9 Å². The van der Waals surface area contributed by atoms with Crippen LogP contribution in [0.5, 0.6) is 0 Å². The summed E-state index contributed by atoms with van der Waals surface area (Å²) >= 11 is 19.3. The summed E-state index contributed by atoms with van der Waals surface area (Å²) in [4.78, 5) is 2.21. The van der Waals surface area contributed by atoms with Gasteiger partial charge in [-0.05, 0) is 54.2 Å². The van der Waals surface area contributed by atoms with Gasteiger partial charge in [0.1, 0.15) is 5.37 Å². The summed E-state index contributed by atoms with van der Waals surface area (Å²) in [7, 11) is 0. The Bertz CT molecular complexity index is 659. The van der Waals surface area contributed by atoms with E-state index in [9.17, 15) is 0 Å². The Hall–Kier alpha value is -0.940. The number of hydrogen-bond acceptors (Lipinski definition) is 2. The fourth-order valence-corrected chi connectivity index (χ4v) is 4.21. The normalized spacial score (nSPS) is 17.5. The van der Waals surface area contributed by atoms with Gasteiger partial charge < -0.3 is 10.2 Å². The SMILES string of the molecule is S=C(Nc1ccc(Cl)cc1)N1CCS[C@@H]1c1ccc(Cl)cc1. The molecule has 0 unspecified atom stereocenters. The van der Waals surface area contributed by atoms with Gasteiger partial charge in [-0.15, -0.1) is 11.8 Å². The van der Waals surface area contributed by atoms with Gasteiger partial charge in [0.15, 0.2) is 5.11 Å². The zero-order valence-electron chi connectivity index (χ0n) is 11.6. The predicted octanol–water partition coefficient (Wildman–Crippen LogP) is 5.44. The maximum absolute atomic E-state index is 5.97. The number of nitrogens with zero attached hydrogens (tertiary/aromatic N) is 1. The minimum Gasteiger partial charge on any atom is -0.333 e. The lowest BCUT2D eigenvalue weighted by atomic mass is 10.2. The molecular formula is C16H14Cl2N2S2. The molecule has 0 amide bonds. The highest BCUT2D eigenvalue weighted by atomic mass is 35.5. The molecule has 1 saturated heterocycles. The molecule has 0 aliphatic carbocycles. The number of nitrogens with one attached hydrogen (secondary N) is 1. The monoisotopic (exact) mass is 368 g/mol. The standard InChI is InChI=1S/C16H14Cl2N2S2/c17-12-3-1-11(2-4-12)15-20(9-10-22-15)16(21)19-14-7-5-13(18)6-8-14/h1-8,15H,9-10H2,(H,19,21)/t15-/m1/s1. The highest BCUT2D eigenvalue weighted by Crippen LogP contribution is 2.38. The Labute approximate surface area is 149 Å². The van der Waals surface area contributed by atoms with Crippen molar-refractivity contribution < 1.29 is 0 Å². The summed E-state index contributed by atoms with van der Waals surface area (Å²) in [6.45, 7) is 0.928. The molecule has 1 N–H and O–H groups in total. The van der Waals surface area contributed by atoms with Crippen LogP contribution >= 0.6 is 47.2 Å². The molecule has 1 aliphatic heterocycles. The third-order valence-electron chi connectivity index (χ3n) is 3.40. The Morgan fingerprint density at radius 1 is 1.05 bits per heavy atom. The molecule has 1 atom stereocenters. The molecular weight excluding hydrogens is 355 g/mol. The molecule has 0 spiro atoms. The third kappa shape index (κ3) is 3.69. The van der Waals surface area contributed by atoms with E-state index < -0.39 is 0 Å². The smallest absolute Gasteiger partial charge is 0.174 e. The lowest BCUT2D eigenvalue weighted by Crippen LogP contribution is -2.34. The molecule has 0 radical (unpaired) electrons. The van der Waals surface area contributed by atoms with Crippen LogP contribution in [0.15, 0.2) is 48.5 Å². The van der Waals surface area contributed by atoms with Crippen LogP contribution < -0.4 is 5.32 Å². The van der Waals surface area contributed by atoms with E-state index in [0.717, 1.165) is 28.1 Å².